The molecule has 1 atom stereocenters. The van der Waals surface area contributed by atoms with Gasteiger partial charge in [-0.2, -0.15) is 4.98 Å². The fourth-order valence-electron chi connectivity index (χ4n) is 3.96. The largest absolute Gasteiger partial charge is 0.378 e. The van der Waals surface area contributed by atoms with Gasteiger partial charge >= 0.3 is 0 Å². The molecule has 0 N–H and O–H groups in total. The van der Waals surface area contributed by atoms with Gasteiger partial charge in [0.1, 0.15) is 0 Å². The van der Waals surface area contributed by atoms with E-state index in [1.54, 1.807) is 0 Å². The smallest absolute Gasteiger partial charge is 0.224 e. The van der Waals surface area contributed by atoms with Crippen molar-refractivity contribution in [3.05, 3.63) is 29.8 Å². The molecule has 6 nitrogen and oxygen atoms in total. The Kier molecular flexibility index (Phi) is 5.22. The van der Waals surface area contributed by atoms with Crippen LogP contribution in [-0.4, -0.2) is 59.1 Å². The zero-order valence-corrected chi connectivity index (χ0v) is 15.9. The molecule has 0 bridgehead atoms. The van der Waals surface area contributed by atoms with Crippen molar-refractivity contribution in [1.29, 1.82) is 0 Å². The van der Waals surface area contributed by atoms with Crippen LogP contribution in [0.5, 0.6) is 0 Å². The third kappa shape index (κ3) is 3.62. The molecule has 2 aromatic rings. The summed E-state index contributed by atoms with van der Waals surface area (Å²) in [5.41, 5.74) is 2.45. The minimum atomic E-state index is 0.477. The molecule has 0 radical (unpaired) electrons. The van der Waals surface area contributed by atoms with E-state index in [0.29, 0.717) is 6.04 Å². The van der Waals surface area contributed by atoms with E-state index in [4.69, 9.17) is 9.72 Å². The van der Waals surface area contributed by atoms with Crippen LogP contribution < -0.4 is 4.90 Å². The van der Waals surface area contributed by atoms with Crippen LogP contribution in [0.15, 0.2) is 24.3 Å². The molecule has 0 unspecified atom stereocenters. The highest BCUT2D eigenvalue weighted by molar-refractivity contribution is 5.57. The van der Waals surface area contributed by atoms with Crippen molar-refractivity contribution in [1.82, 2.24) is 19.7 Å². The Morgan fingerprint density at radius 3 is 2.35 bits per heavy atom. The molecular formula is C20H29N5O. The number of benzene rings is 1. The zero-order valence-electron chi connectivity index (χ0n) is 15.9. The van der Waals surface area contributed by atoms with Gasteiger partial charge in [0, 0.05) is 31.7 Å². The molecule has 0 aliphatic carbocycles. The maximum Gasteiger partial charge on any atom is 0.224 e. The predicted molar refractivity (Wildman–Crippen MR) is 103 cm³/mol. The van der Waals surface area contributed by atoms with E-state index in [9.17, 15) is 0 Å². The zero-order chi connectivity index (χ0) is 17.9. The number of rotatable bonds is 4. The minimum absolute atomic E-state index is 0.477. The summed E-state index contributed by atoms with van der Waals surface area (Å²) in [6.07, 6.45) is 4.02. The first-order valence-corrected chi connectivity index (χ1v) is 9.80. The van der Waals surface area contributed by atoms with E-state index < -0.39 is 0 Å². The lowest BCUT2D eigenvalue weighted by Crippen LogP contribution is -2.37. The summed E-state index contributed by atoms with van der Waals surface area (Å²) in [6.45, 7) is 8.00. The van der Waals surface area contributed by atoms with Gasteiger partial charge in [0.2, 0.25) is 5.95 Å². The van der Waals surface area contributed by atoms with Crippen molar-refractivity contribution in [3.63, 3.8) is 0 Å². The highest BCUT2D eigenvalue weighted by atomic mass is 16.5. The van der Waals surface area contributed by atoms with E-state index in [2.05, 4.69) is 46.1 Å². The molecule has 6 heteroatoms. The molecule has 26 heavy (non-hydrogen) atoms. The van der Waals surface area contributed by atoms with Crippen molar-refractivity contribution in [2.45, 2.75) is 32.2 Å². The molecule has 0 amide bonds. The summed E-state index contributed by atoms with van der Waals surface area (Å²) < 4.78 is 7.31. The van der Waals surface area contributed by atoms with Crippen LogP contribution in [-0.2, 0) is 11.8 Å². The number of aryl methyl sites for hydroxylation is 1. The van der Waals surface area contributed by atoms with Gasteiger partial charge in [-0.05, 0) is 38.4 Å². The van der Waals surface area contributed by atoms with E-state index in [-0.39, 0.29) is 0 Å². The van der Waals surface area contributed by atoms with Crippen LogP contribution in [0.25, 0.3) is 11.4 Å². The summed E-state index contributed by atoms with van der Waals surface area (Å²) in [6, 6.07) is 9.27. The Bertz CT molecular complexity index is 714. The number of anilines is 1. The fourth-order valence-corrected chi connectivity index (χ4v) is 3.96. The van der Waals surface area contributed by atoms with Crippen LogP contribution in [0.3, 0.4) is 0 Å². The highest BCUT2D eigenvalue weighted by Gasteiger charge is 2.20. The van der Waals surface area contributed by atoms with Crippen molar-refractivity contribution in [2.75, 3.05) is 44.3 Å². The van der Waals surface area contributed by atoms with E-state index in [1.807, 2.05) is 11.7 Å². The average molecular weight is 355 g/mol. The van der Waals surface area contributed by atoms with Crippen molar-refractivity contribution in [2.24, 2.45) is 7.05 Å². The third-order valence-electron chi connectivity index (χ3n) is 5.62. The molecule has 0 saturated carbocycles. The predicted octanol–water partition coefficient (Wildman–Crippen LogP) is 2.87. The lowest BCUT2D eigenvalue weighted by atomic mass is 10.0. The number of aromatic nitrogens is 3. The second-order valence-electron chi connectivity index (χ2n) is 7.35. The van der Waals surface area contributed by atoms with Crippen LogP contribution in [0.2, 0.25) is 0 Å². The average Bonchev–Trinajstić information content (AvgIpc) is 3.10. The van der Waals surface area contributed by atoms with E-state index >= 15 is 0 Å². The number of hydrogen-bond donors (Lipinski definition) is 0. The monoisotopic (exact) mass is 355 g/mol. The molecule has 2 aliphatic heterocycles. The number of morpholine rings is 1. The first-order chi connectivity index (χ1) is 12.7. The number of hydrogen-bond acceptors (Lipinski definition) is 5. The maximum atomic E-state index is 5.43. The summed E-state index contributed by atoms with van der Waals surface area (Å²) >= 11 is 0. The Hall–Kier alpha value is -1.92. The van der Waals surface area contributed by atoms with Crippen molar-refractivity contribution in [3.8, 4) is 11.4 Å². The fraction of sp³-hybridized carbons (Fsp3) is 0.600. The molecule has 2 aliphatic rings. The summed E-state index contributed by atoms with van der Waals surface area (Å²) in [4.78, 5) is 9.61. The summed E-state index contributed by atoms with van der Waals surface area (Å²) in [5, 5.41) is 4.63. The lowest BCUT2D eigenvalue weighted by Gasteiger charge is -2.32. The Labute approximate surface area is 155 Å². The molecular weight excluding hydrogens is 326 g/mol. The first kappa shape index (κ1) is 17.5. The van der Waals surface area contributed by atoms with Gasteiger partial charge < -0.3 is 9.64 Å². The topological polar surface area (TPSA) is 46.4 Å². The van der Waals surface area contributed by atoms with Gasteiger partial charge in [0.25, 0.3) is 0 Å². The first-order valence-electron chi connectivity index (χ1n) is 9.80. The molecule has 1 aromatic heterocycles. The van der Waals surface area contributed by atoms with Gasteiger partial charge in [0.05, 0.1) is 13.2 Å². The van der Waals surface area contributed by atoms with Crippen molar-refractivity contribution < 1.29 is 4.74 Å². The maximum absolute atomic E-state index is 5.43. The second-order valence-corrected chi connectivity index (χ2v) is 7.35. The van der Waals surface area contributed by atoms with Crippen LogP contribution in [0.1, 0.15) is 37.8 Å². The van der Waals surface area contributed by atoms with E-state index in [0.717, 1.165) is 43.6 Å². The van der Waals surface area contributed by atoms with Gasteiger partial charge in [-0.1, -0.05) is 30.7 Å². The lowest BCUT2D eigenvalue weighted by molar-refractivity contribution is 0.121. The minimum Gasteiger partial charge on any atom is -0.378 e. The third-order valence-corrected chi connectivity index (χ3v) is 5.62. The molecule has 0 spiro atoms. The van der Waals surface area contributed by atoms with Crippen LogP contribution >= 0.6 is 0 Å². The second kappa shape index (κ2) is 7.76. The molecule has 140 valence electrons. The Balaban J connectivity index is 1.49. The molecule has 1 aromatic carbocycles. The quantitative estimate of drug-likeness (QED) is 0.844. The van der Waals surface area contributed by atoms with Crippen molar-refractivity contribution >= 4 is 5.95 Å². The highest BCUT2D eigenvalue weighted by Crippen LogP contribution is 2.26. The molecule has 2 fully saturated rings. The van der Waals surface area contributed by atoms with Gasteiger partial charge in [-0.15, -0.1) is 5.10 Å². The molecule has 2 saturated heterocycles. The molecule has 4 rings (SSSR count). The summed E-state index contributed by atoms with van der Waals surface area (Å²) in [5.74, 6) is 1.72. The van der Waals surface area contributed by atoms with Gasteiger partial charge in [-0.25, -0.2) is 4.68 Å². The Morgan fingerprint density at radius 2 is 1.65 bits per heavy atom. The number of piperidine rings is 1. The van der Waals surface area contributed by atoms with Crippen LogP contribution in [0, 0.1) is 0 Å². The molecule has 3 heterocycles. The van der Waals surface area contributed by atoms with Crippen LogP contribution in [0.4, 0.5) is 5.95 Å². The Morgan fingerprint density at radius 1 is 0.962 bits per heavy atom. The number of nitrogens with zero attached hydrogens (tertiary/aromatic N) is 5. The standard InChI is InChI=1S/C20H29N5O/c1-16(24-10-4-3-5-11-24)17-6-8-18(9-7-17)19-21-20(23(2)22-19)25-12-14-26-15-13-25/h6-9,16H,3-5,10-15H2,1-2H3/t16-/m0/s1. The number of ether oxygens (including phenoxy) is 1. The SMILES string of the molecule is C[C@@H](c1ccc(-c2nc(N3CCOCC3)n(C)n2)cc1)N1CCCCC1. The van der Waals surface area contributed by atoms with Gasteiger partial charge in [-0.3, -0.25) is 4.90 Å². The van der Waals surface area contributed by atoms with E-state index in [1.165, 1.54) is 37.9 Å². The normalized spacial score (nSPS) is 20.3. The number of likely N-dealkylation sites (tertiary alicyclic amines) is 1. The summed E-state index contributed by atoms with van der Waals surface area (Å²) in [7, 11) is 1.97. The van der Waals surface area contributed by atoms with Gasteiger partial charge in [0.15, 0.2) is 5.82 Å².